The van der Waals surface area contributed by atoms with Crippen LogP contribution in [0.2, 0.25) is 5.15 Å². The van der Waals surface area contributed by atoms with E-state index < -0.39 is 12.0 Å². The number of fused-ring (bicyclic) bond motifs is 1. The van der Waals surface area contributed by atoms with Gasteiger partial charge in [0.15, 0.2) is 10.8 Å². The summed E-state index contributed by atoms with van der Waals surface area (Å²) in [4.78, 5) is 3.23. The Morgan fingerprint density at radius 3 is 2.57 bits per heavy atom. The zero-order valence-corrected chi connectivity index (χ0v) is 7.21. The molecule has 0 aliphatic carbocycles. The molecule has 4 nitrogen and oxygen atoms in total. The van der Waals surface area contributed by atoms with Gasteiger partial charge in [-0.05, 0) is 12.1 Å². The van der Waals surface area contributed by atoms with Gasteiger partial charge in [-0.1, -0.05) is 11.6 Å². The van der Waals surface area contributed by atoms with Crippen molar-refractivity contribution < 1.29 is 13.2 Å². The molecule has 2 aromatic heterocycles. The average Bonchev–Trinajstić information content (AvgIpc) is 2.45. The second kappa shape index (κ2) is 2.81. The number of hydrogen-bond acceptors (Lipinski definition) is 3. The standard InChI is InChI=1S/C6H2ClF3N4/c7-3-1-2-4-11-5(6(8,9)10)13-14(4)12-3/h1-2H. The van der Waals surface area contributed by atoms with Gasteiger partial charge in [-0.2, -0.15) is 13.2 Å². The summed E-state index contributed by atoms with van der Waals surface area (Å²) in [5.41, 5.74) is 0.00160. The minimum absolute atomic E-state index is 0.00160. The van der Waals surface area contributed by atoms with E-state index in [1.807, 2.05) is 0 Å². The first kappa shape index (κ1) is 9.20. The molecule has 0 aliphatic heterocycles. The number of aromatic nitrogens is 4. The lowest BCUT2D eigenvalue weighted by molar-refractivity contribution is -0.144. The SMILES string of the molecule is FC(F)(F)c1nc2ccc(Cl)nn2n1. The predicted molar refractivity (Wildman–Crippen MR) is 40.8 cm³/mol. The molecule has 0 N–H and O–H groups in total. The minimum Gasteiger partial charge on any atom is -0.201 e. The van der Waals surface area contributed by atoms with Gasteiger partial charge < -0.3 is 0 Å². The number of rotatable bonds is 0. The summed E-state index contributed by atoms with van der Waals surface area (Å²) in [5, 5.41) is 6.70. The molecule has 0 atom stereocenters. The summed E-state index contributed by atoms with van der Waals surface area (Å²) >= 11 is 5.46. The highest BCUT2D eigenvalue weighted by Crippen LogP contribution is 2.26. The lowest BCUT2D eigenvalue weighted by Crippen LogP contribution is -2.07. The molecule has 0 saturated heterocycles. The molecular weight excluding hydrogens is 221 g/mol. The molecule has 0 radical (unpaired) electrons. The fourth-order valence-electron chi connectivity index (χ4n) is 0.881. The lowest BCUT2D eigenvalue weighted by Gasteiger charge is -1.96. The molecule has 0 spiro atoms. The smallest absolute Gasteiger partial charge is 0.201 e. The third kappa shape index (κ3) is 1.50. The maximum atomic E-state index is 12.1. The zero-order valence-electron chi connectivity index (χ0n) is 6.46. The van der Waals surface area contributed by atoms with Gasteiger partial charge in [0.25, 0.3) is 5.82 Å². The molecule has 0 amide bonds. The fourth-order valence-corrected chi connectivity index (χ4v) is 1.02. The quantitative estimate of drug-likeness (QED) is 0.683. The van der Waals surface area contributed by atoms with Crippen molar-refractivity contribution in [1.29, 1.82) is 0 Å². The molecule has 0 fully saturated rings. The molecule has 0 saturated carbocycles. The van der Waals surface area contributed by atoms with Crippen LogP contribution in [0.4, 0.5) is 13.2 Å². The van der Waals surface area contributed by atoms with Crippen molar-refractivity contribution in [1.82, 2.24) is 19.8 Å². The molecule has 2 aromatic rings. The van der Waals surface area contributed by atoms with Crippen molar-refractivity contribution in [3.63, 3.8) is 0 Å². The summed E-state index contributed by atoms with van der Waals surface area (Å²) in [5.74, 6) is -1.23. The number of halogens is 4. The highest BCUT2D eigenvalue weighted by atomic mass is 35.5. The second-order valence-corrected chi connectivity index (χ2v) is 2.82. The van der Waals surface area contributed by atoms with Gasteiger partial charge in [-0.25, -0.2) is 4.98 Å². The Kier molecular flexibility index (Phi) is 1.84. The monoisotopic (exact) mass is 222 g/mol. The minimum atomic E-state index is -4.57. The van der Waals surface area contributed by atoms with Gasteiger partial charge in [0, 0.05) is 0 Å². The molecular formula is C6H2ClF3N4. The van der Waals surface area contributed by atoms with Crippen molar-refractivity contribution >= 4 is 17.2 Å². The third-order valence-corrected chi connectivity index (χ3v) is 1.63. The lowest BCUT2D eigenvalue weighted by atomic mass is 10.5. The summed E-state index contributed by atoms with van der Waals surface area (Å²) in [6.07, 6.45) is -4.57. The van der Waals surface area contributed by atoms with Crippen LogP contribution in [0.15, 0.2) is 12.1 Å². The topological polar surface area (TPSA) is 43.1 Å². The van der Waals surface area contributed by atoms with Gasteiger partial charge in [0.2, 0.25) is 0 Å². The molecule has 0 bridgehead atoms. The average molecular weight is 223 g/mol. The fraction of sp³-hybridized carbons (Fsp3) is 0.167. The van der Waals surface area contributed by atoms with Crippen molar-refractivity contribution in [2.45, 2.75) is 6.18 Å². The van der Waals surface area contributed by atoms with Crippen LogP contribution in [0.5, 0.6) is 0 Å². The van der Waals surface area contributed by atoms with Gasteiger partial charge in [0.1, 0.15) is 0 Å². The molecule has 2 heterocycles. The van der Waals surface area contributed by atoms with Crippen molar-refractivity contribution in [3.8, 4) is 0 Å². The summed E-state index contributed by atoms with van der Waals surface area (Å²) in [6.45, 7) is 0. The maximum absolute atomic E-state index is 12.1. The van der Waals surface area contributed by atoms with Crippen LogP contribution in [0.3, 0.4) is 0 Å². The van der Waals surface area contributed by atoms with Crippen LogP contribution in [-0.4, -0.2) is 19.8 Å². The van der Waals surface area contributed by atoms with E-state index in [2.05, 4.69) is 15.2 Å². The zero-order chi connectivity index (χ0) is 10.3. The van der Waals surface area contributed by atoms with Crippen LogP contribution in [0, 0.1) is 0 Å². The highest BCUT2D eigenvalue weighted by Gasteiger charge is 2.36. The Morgan fingerprint density at radius 1 is 1.21 bits per heavy atom. The summed E-state index contributed by atoms with van der Waals surface area (Å²) in [7, 11) is 0. The Hall–Kier alpha value is -1.37. The number of nitrogens with zero attached hydrogens (tertiary/aromatic N) is 4. The van der Waals surface area contributed by atoms with E-state index in [0.29, 0.717) is 0 Å². The first-order chi connectivity index (χ1) is 6.47. The Balaban J connectivity index is 2.63. The van der Waals surface area contributed by atoms with Crippen LogP contribution >= 0.6 is 11.6 Å². The second-order valence-electron chi connectivity index (χ2n) is 2.44. The summed E-state index contributed by atoms with van der Waals surface area (Å²) in [6, 6.07) is 2.64. The Labute approximate surface area is 80.3 Å². The van der Waals surface area contributed by atoms with E-state index in [4.69, 9.17) is 11.6 Å². The van der Waals surface area contributed by atoms with Crippen LogP contribution < -0.4 is 0 Å². The van der Waals surface area contributed by atoms with Crippen molar-refractivity contribution in [2.75, 3.05) is 0 Å². The largest absolute Gasteiger partial charge is 0.453 e. The molecule has 0 aliphatic rings. The van der Waals surface area contributed by atoms with E-state index in [9.17, 15) is 13.2 Å². The molecule has 74 valence electrons. The van der Waals surface area contributed by atoms with Crippen molar-refractivity contribution in [3.05, 3.63) is 23.1 Å². The van der Waals surface area contributed by atoms with Crippen LogP contribution in [0.1, 0.15) is 5.82 Å². The first-order valence-electron chi connectivity index (χ1n) is 3.43. The Morgan fingerprint density at radius 2 is 1.93 bits per heavy atom. The Bertz CT molecular complexity index is 477. The summed E-state index contributed by atoms with van der Waals surface area (Å²) < 4.78 is 37.1. The van der Waals surface area contributed by atoms with E-state index >= 15 is 0 Å². The van der Waals surface area contributed by atoms with E-state index in [1.165, 1.54) is 12.1 Å². The van der Waals surface area contributed by atoms with E-state index in [1.54, 1.807) is 0 Å². The van der Waals surface area contributed by atoms with Crippen LogP contribution in [0.25, 0.3) is 5.65 Å². The van der Waals surface area contributed by atoms with Crippen molar-refractivity contribution in [2.24, 2.45) is 0 Å². The van der Waals surface area contributed by atoms with Gasteiger partial charge in [0.05, 0.1) is 0 Å². The molecule has 8 heteroatoms. The van der Waals surface area contributed by atoms with Gasteiger partial charge in [-0.3, -0.25) is 0 Å². The van der Waals surface area contributed by atoms with Gasteiger partial charge >= 0.3 is 6.18 Å². The first-order valence-corrected chi connectivity index (χ1v) is 3.81. The number of alkyl halides is 3. The van der Waals surface area contributed by atoms with E-state index in [0.717, 1.165) is 4.63 Å². The molecule has 0 unspecified atom stereocenters. The molecule has 14 heavy (non-hydrogen) atoms. The third-order valence-electron chi connectivity index (χ3n) is 1.43. The number of hydrogen-bond donors (Lipinski definition) is 0. The predicted octanol–water partition coefficient (Wildman–Crippen LogP) is 1.80. The highest BCUT2D eigenvalue weighted by molar-refractivity contribution is 6.29. The molecule has 0 aromatic carbocycles. The normalized spacial score (nSPS) is 12.3. The van der Waals surface area contributed by atoms with E-state index in [-0.39, 0.29) is 10.8 Å². The molecule has 2 rings (SSSR count). The van der Waals surface area contributed by atoms with Crippen LogP contribution in [-0.2, 0) is 6.18 Å². The maximum Gasteiger partial charge on any atom is 0.453 e. The van der Waals surface area contributed by atoms with Gasteiger partial charge in [-0.15, -0.1) is 14.8 Å².